The minimum atomic E-state index is -0.208. The molecule has 1 fully saturated rings. The third kappa shape index (κ3) is 4.26. The van der Waals surface area contributed by atoms with Gasteiger partial charge in [-0.15, -0.1) is 5.10 Å². The molecular formula is C21H22FN5O. The van der Waals surface area contributed by atoms with Gasteiger partial charge in [0.15, 0.2) is 5.69 Å². The average molecular weight is 379 g/mol. The number of hydrogen-bond acceptors (Lipinski definition) is 5. The zero-order chi connectivity index (χ0) is 19.3. The zero-order valence-corrected chi connectivity index (χ0v) is 15.5. The zero-order valence-electron chi connectivity index (χ0n) is 15.5. The SMILES string of the molecule is O=C(c1ccccc1)c1cn(CCN2CCN(c3ccc(F)cc3)CC2)nn1. The van der Waals surface area contributed by atoms with Gasteiger partial charge in [0, 0.05) is 44.0 Å². The fourth-order valence-corrected chi connectivity index (χ4v) is 3.37. The summed E-state index contributed by atoms with van der Waals surface area (Å²) in [6, 6.07) is 15.8. The van der Waals surface area contributed by atoms with Crippen LogP contribution in [-0.2, 0) is 6.54 Å². The predicted octanol–water partition coefficient (Wildman–Crippen LogP) is 2.47. The Balaban J connectivity index is 1.27. The quantitative estimate of drug-likeness (QED) is 0.616. The smallest absolute Gasteiger partial charge is 0.214 e. The van der Waals surface area contributed by atoms with Gasteiger partial charge < -0.3 is 4.90 Å². The predicted molar refractivity (Wildman–Crippen MR) is 105 cm³/mol. The van der Waals surface area contributed by atoms with Crippen molar-refractivity contribution < 1.29 is 9.18 Å². The summed E-state index contributed by atoms with van der Waals surface area (Å²) in [6.45, 7) is 5.20. The molecule has 6 nitrogen and oxygen atoms in total. The number of rotatable bonds is 6. The molecule has 7 heteroatoms. The highest BCUT2D eigenvalue weighted by Gasteiger charge is 2.18. The van der Waals surface area contributed by atoms with Gasteiger partial charge in [-0.1, -0.05) is 35.5 Å². The first-order valence-corrected chi connectivity index (χ1v) is 9.42. The van der Waals surface area contributed by atoms with E-state index in [9.17, 15) is 9.18 Å². The molecule has 0 bridgehead atoms. The second-order valence-electron chi connectivity index (χ2n) is 6.87. The number of nitrogens with zero attached hydrogens (tertiary/aromatic N) is 5. The van der Waals surface area contributed by atoms with Crippen molar-refractivity contribution in [2.75, 3.05) is 37.6 Å². The summed E-state index contributed by atoms with van der Waals surface area (Å²) >= 11 is 0. The molecule has 28 heavy (non-hydrogen) atoms. The lowest BCUT2D eigenvalue weighted by atomic mass is 10.1. The molecule has 0 unspecified atom stereocenters. The topological polar surface area (TPSA) is 54.3 Å². The van der Waals surface area contributed by atoms with Crippen LogP contribution in [0.3, 0.4) is 0 Å². The second kappa shape index (κ2) is 8.31. The molecule has 0 radical (unpaired) electrons. The molecule has 0 atom stereocenters. The first kappa shape index (κ1) is 18.3. The number of halogens is 1. The Morgan fingerprint density at radius 2 is 1.64 bits per heavy atom. The largest absolute Gasteiger partial charge is 0.369 e. The van der Waals surface area contributed by atoms with E-state index < -0.39 is 0 Å². The first-order valence-electron chi connectivity index (χ1n) is 9.42. The Labute approximate surface area is 163 Å². The molecule has 0 N–H and O–H groups in total. The summed E-state index contributed by atoms with van der Waals surface area (Å²) in [7, 11) is 0. The lowest BCUT2D eigenvalue weighted by molar-refractivity contribution is 0.103. The van der Waals surface area contributed by atoms with Crippen LogP contribution in [0.15, 0.2) is 60.8 Å². The molecule has 2 aromatic carbocycles. The van der Waals surface area contributed by atoms with Crippen molar-refractivity contribution in [1.29, 1.82) is 0 Å². The van der Waals surface area contributed by atoms with Crippen molar-refractivity contribution >= 4 is 11.5 Å². The molecule has 0 aliphatic carbocycles. The molecule has 144 valence electrons. The molecule has 0 saturated carbocycles. The van der Waals surface area contributed by atoms with Gasteiger partial charge in [-0.25, -0.2) is 4.39 Å². The van der Waals surface area contributed by atoms with Crippen LogP contribution in [0.1, 0.15) is 16.1 Å². The maximum absolute atomic E-state index is 13.1. The number of piperazine rings is 1. The van der Waals surface area contributed by atoms with Gasteiger partial charge in [0.25, 0.3) is 0 Å². The van der Waals surface area contributed by atoms with Crippen molar-refractivity contribution in [3.63, 3.8) is 0 Å². The molecule has 4 rings (SSSR count). The Bertz CT molecular complexity index is 917. The monoisotopic (exact) mass is 379 g/mol. The number of aromatic nitrogens is 3. The van der Waals surface area contributed by atoms with Gasteiger partial charge >= 0.3 is 0 Å². The summed E-state index contributed by atoms with van der Waals surface area (Å²) in [4.78, 5) is 17.0. The highest BCUT2D eigenvalue weighted by molar-refractivity contribution is 6.07. The van der Waals surface area contributed by atoms with E-state index in [0.717, 1.165) is 38.4 Å². The van der Waals surface area contributed by atoms with Crippen LogP contribution < -0.4 is 4.90 Å². The average Bonchev–Trinajstić information content (AvgIpc) is 3.22. The maximum atomic E-state index is 13.1. The molecule has 1 aromatic heterocycles. The van der Waals surface area contributed by atoms with Gasteiger partial charge in [0.2, 0.25) is 5.78 Å². The number of anilines is 1. The Kier molecular flexibility index (Phi) is 5.43. The number of hydrogen-bond donors (Lipinski definition) is 0. The number of ketones is 1. The van der Waals surface area contributed by atoms with Crippen molar-refractivity contribution in [1.82, 2.24) is 19.9 Å². The normalized spacial score (nSPS) is 15.0. The molecular weight excluding hydrogens is 357 g/mol. The van der Waals surface area contributed by atoms with E-state index in [-0.39, 0.29) is 11.6 Å². The summed E-state index contributed by atoms with van der Waals surface area (Å²) < 4.78 is 14.8. The third-order valence-corrected chi connectivity index (χ3v) is 5.02. The molecule has 1 aliphatic rings. The summed E-state index contributed by atoms with van der Waals surface area (Å²) in [6.07, 6.45) is 1.71. The van der Waals surface area contributed by atoms with Crippen molar-refractivity contribution in [2.24, 2.45) is 0 Å². The minimum absolute atomic E-state index is 0.111. The van der Waals surface area contributed by atoms with Crippen LogP contribution in [-0.4, -0.2) is 58.4 Å². The fraction of sp³-hybridized carbons (Fsp3) is 0.286. The maximum Gasteiger partial charge on any atom is 0.214 e. The van der Waals surface area contributed by atoms with E-state index in [2.05, 4.69) is 20.1 Å². The van der Waals surface area contributed by atoms with Gasteiger partial charge in [-0.2, -0.15) is 0 Å². The van der Waals surface area contributed by atoms with Crippen LogP contribution in [0.25, 0.3) is 0 Å². The molecule has 0 spiro atoms. The van der Waals surface area contributed by atoms with E-state index in [1.165, 1.54) is 12.1 Å². The Morgan fingerprint density at radius 3 is 2.36 bits per heavy atom. The second-order valence-corrected chi connectivity index (χ2v) is 6.87. The van der Waals surface area contributed by atoms with Gasteiger partial charge in [-0.05, 0) is 24.3 Å². The van der Waals surface area contributed by atoms with E-state index in [1.54, 1.807) is 23.0 Å². The number of carbonyl (C=O) groups is 1. The van der Waals surface area contributed by atoms with E-state index >= 15 is 0 Å². The fourth-order valence-electron chi connectivity index (χ4n) is 3.37. The lowest BCUT2D eigenvalue weighted by Crippen LogP contribution is -2.47. The molecule has 3 aromatic rings. The van der Waals surface area contributed by atoms with Gasteiger partial charge in [-0.3, -0.25) is 14.4 Å². The molecule has 1 saturated heterocycles. The number of benzene rings is 2. The first-order chi connectivity index (χ1) is 13.7. The number of carbonyl (C=O) groups excluding carboxylic acids is 1. The summed E-state index contributed by atoms with van der Waals surface area (Å²) in [5.41, 5.74) is 2.04. The third-order valence-electron chi connectivity index (χ3n) is 5.02. The van der Waals surface area contributed by atoms with Crippen LogP contribution in [0, 0.1) is 5.82 Å². The van der Waals surface area contributed by atoms with Crippen LogP contribution >= 0.6 is 0 Å². The van der Waals surface area contributed by atoms with E-state index in [4.69, 9.17) is 0 Å². The Morgan fingerprint density at radius 1 is 0.929 bits per heavy atom. The minimum Gasteiger partial charge on any atom is -0.369 e. The van der Waals surface area contributed by atoms with Crippen LogP contribution in [0.2, 0.25) is 0 Å². The summed E-state index contributed by atoms with van der Waals surface area (Å²) in [5, 5.41) is 8.11. The molecule has 1 aliphatic heterocycles. The van der Waals surface area contributed by atoms with Gasteiger partial charge in [0.05, 0.1) is 12.7 Å². The van der Waals surface area contributed by atoms with E-state index in [0.29, 0.717) is 17.8 Å². The summed E-state index contributed by atoms with van der Waals surface area (Å²) in [5.74, 6) is -0.319. The molecule has 2 heterocycles. The lowest BCUT2D eigenvalue weighted by Gasteiger charge is -2.36. The van der Waals surface area contributed by atoms with Crippen molar-refractivity contribution in [3.05, 3.63) is 77.9 Å². The van der Waals surface area contributed by atoms with Crippen molar-refractivity contribution in [3.8, 4) is 0 Å². The Hall–Kier alpha value is -3.06. The van der Waals surface area contributed by atoms with Crippen molar-refractivity contribution in [2.45, 2.75) is 6.54 Å². The highest BCUT2D eigenvalue weighted by Crippen LogP contribution is 2.17. The molecule has 0 amide bonds. The highest BCUT2D eigenvalue weighted by atomic mass is 19.1. The van der Waals surface area contributed by atoms with Crippen LogP contribution in [0.4, 0.5) is 10.1 Å². The standard InChI is InChI=1S/C21H22FN5O/c22-18-6-8-19(9-7-18)26-13-10-25(11-14-26)12-15-27-16-20(23-24-27)21(28)17-4-2-1-3-5-17/h1-9,16H,10-15H2. The van der Waals surface area contributed by atoms with E-state index in [1.807, 2.05) is 30.3 Å². The van der Waals surface area contributed by atoms with Gasteiger partial charge in [0.1, 0.15) is 5.82 Å². The van der Waals surface area contributed by atoms with Crippen LogP contribution in [0.5, 0.6) is 0 Å².